The number of thiazole rings is 1. The lowest BCUT2D eigenvalue weighted by Gasteiger charge is -2.39. The zero-order valence-corrected chi connectivity index (χ0v) is 10.9. The molecule has 0 atom stereocenters. The van der Waals surface area contributed by atoms with Gasteiger partial charge in [-0.1, -0.05) is 0 Å². The molecule has 0 aromatic carbocycles. The Morgan fingerprint density at radius 2 is 2.11 bits per heavy atom. The molecule has 4 nitrogen and oxygen atoms in total. The van der Waals surface area contributed by atoms with E-state index in [4.69, 9.17) is 0 Å². The Balaban J connectivity index is 1.64. The van der Waals surface area contributed by atoms with Crippen LogP contribution in [0.1, 0.15) is 27.0 Å². The van der Waals surface area contributed by atoms with Crippen LogP contribution in [0.4, 0.5) is 0 Å². The molecule has 92 valence electrons. The Kier molecular flexibility index (Phi) is 2.83. The molecule has 1 fully saturated rings. The van der Waals surface area contributed by atoms with Crippen LogP contribution in [-0.2, 0) is 0 Å². The first-order valence-electron chi connectivity index (χ1n) is 5.85. The highest BCUT2D eigenvalue weighted by atomic mass is 32.1. The first-order chi connectivity index (χ1) is 8.74. The van der Waals surface area contributed by atoms with E-state index < -0.39 is 0 Å². The number of likely N-dealkylation sites (tertiary alicyclic amines) is 1. The molecule has 0 N–H and O–H groups in total. The van der Waals surface area contributed by atoms with E-state index in [0.717, 1.165) is 18.1 Å². The molecule has 0 spiro atoms. The van der Waals surface area contributed by atoms with Crippen LogP contribution in [0.2, 0.25) is 0 Å². The summed E-state index contributed by atoms with van der Waals surface area (Å²) in [6.45, 7) is 3.47. The Hall–Kier alpha value is -1.75. The van der Waals surface area contributed by atoms with Gasteiger partial charge in [0, 0.05) is 36.8 Å². The van der Waals surface area contributed by atoms with Crippen molar-refractivity contribution in [1.29, 1.82) is 0 Å². The minimum absolute atomic E-state index is 0.0460. The molecule has 0 saturated carbocycles. The summed E-state index contributed by atoms with van der Waals surface area (Å²) in [7, 11) is 0. The average Bonchev–Trinajstić information content (AvgIpc) is 2.75. The second kappa shape index (κ2) is 4.49. The Morgan fingerprint density at radius 1 is 1.39 bits per heavy atom. The van der Waals surface area contributed by atoms with Gasteiger partial charge < -0.3 is 4.90 Å². The summed E-state index contributed by atoms with van der Waals surface area (Å²) in [5.74, 6) is 0.487. The second-order valence-corrected chi connectivity index (χ2v) is 5.50. The van der Waals surface area contributed by atoms with Gasteiger partial charge in [-0.3, -0.25) is 9.78 Å². The van der Waals surface area contributed by atoms with Crippen LogP contribution in [0.15, 0.2) is 29.9 Å². The van der Waals surface area contributed by atoms with Gasteiger partial charge in [-0.05, 0) is 24.6 Å². The third-order valence-electron chi connectivity index (χ3n) is 3.18. The van der Waals surface area contributed by atoms with Gasteiger partial charge >= 0.3 is 0 Å². The van der Waals surface area contributed by atoms with Crippen molar-refractivity contribution in [1.82, 2.24) is 14.9 Å². The van der Waals surface area contributed by atoms with Crippen LogP contribution in [0.5, 0.6) is 0 Å². The van der Waals surface area contributed by atoms with Gasteiger partial charge in [0.25, 0.3) is 5.91 Å². The Morgan fingerprint density at radius 3 is 2.72 bits per heavy atom. The van der Waals surface area contributed by atoms with Crippen molar-refractivity contribution in [2.45, 2.75) is 12.8 Å². The Bertz CT molecular complexity index is 561. The van der Waals surface area contributed by atoms with E-state index >= 15 is 0 Å². The predicted octanol–water partition coefficient (Wildman–Crippen LogP) is 2.09. The van der Waals surface area contributed by atoms with E-state index in [1.807, 2.05) is 29.3 Å². The van der Waals surface area contributed by atoms with E-state index in [9.17, 15) is 4.79 Å². The standard InChI is InChI=1S/C13H13N3OS/c1-9-15-12(8-18-9)13(17)16-6-11(7-16)10-2-4-14-5-3-10/h2-5,8,11H,6-7H2,1H3. The smallest absolute Gasteiger partial charge is 0.273 e. The summed E-state index contributed by atoms with van der Waals surface area (Å²) in [5.41, 5.74) is 1.83. The fourth-order valence-electron chi connectivity index (χ4n) is 2.11. The quantitative estimate of drug-likeness (QED) is 0.829. The molecular weight excluding hydrogens is 246 g/mol. The number of hydrogen-bond acceptors (Lipinski definition) is 4. The van der Waals surface area contributed by atoms with Crippen molar-refractivity contribution in [3.8, 4) is 0 Å². The molecule has 0 bridgehead atoms. The molecule has 1 aliphatic rings. The van der Waals surface area contributed by atoms with Crippen LogP contribution >= 0.6 is 11.3 Å². The van der Waals surface area contributed by atoms with E-state index in [-0.39, 0.29) is 5.91 Å². The summed E-state index contributed by atoms with van der Waals surface area (Å²) >= 11 is 1.52. The van der Waals surface area contributed by atoms with Crippen molar-refractivity contribution < 1.29 is 4.79 Å². The molecule has 18 heavy (non-hydrogen) atoms. The molecule has 2 aromatic heterocycles. The number of hydrogen-bond donors (Lipinski definition) is 0. The maximum absolute atomic E-state index is 12.1. The summed E-state index contributed by atoms with van der Waals surface area (Å²) in [5, 5.41) is 2.77. The average molecular weight is 259 g/mol. The molecule has 3 heterocycles. The van der Waals surface area contributed by atoms with E-state index in [1.54, 1.807) is 12.4 Å². The number of pyridine rings is 1. The van der Waals surface area contributed by atoms with Crippen molar-refractivity contribution in [2.24, 2.45) is 0 Å². The third-order valence-corrected chi connectivity index (χ3v) is 3.96. The SMILES string of the molecule is Cc1nc(C(=O)N2CC(c3ccncc3)C2)cs1. The van der Waals surface area contributed by atoms with Gasteiger partial charge in [0.1, 0.15) is 5.69 Å². The first-order valence-corrected chi connectivity index (χ1v) is 6.73. The molecule has 5 heteroatoms. The number of carbonyl (C=O) groups excluding carboxylic acids is 1. The van der Waals surface area contributed by atoms with Crippen LogP contribution in [0.3, 0.4) is 0 Å². The lowest BCUT2D eigenvalue weighted by Crippen LogP contribution is -2.48. The van der Waals surface area contributed by atoms with Gasteiger partial charge in [0.2, 0.25) is 0 Å². The fraction of sp³-hybridized carbons (Fsp3) is 0.308. The summed E-state index contributed by atoms with van der Waals surface area (Å²) in [6, 6.07) is 4.03. The highest BCUT2D eigenvalue weighted by Gasteiger charge is 2.32. The molecule has 1 saturated heterocycles. The maximum Gasteiger partial charge on any atom is 0.273 e. The number of aryl methyl sites for hydroxylation is 1. The largest absolute Gasteiger partial charge is 0.336 e. The summed E-state index contributed by atoms with van der Waals surface area (Å²) < 4.78 is 0. The van der Waals surface area contributed by atoms with Crippen LogP contribution in [0, 0.1) is 6.92 Å². The summed E-state index contributed by atoms with van der Waals surface area (Å²) in [4.78, 5) is 22.2. The normalized spacial score (nSPS) is 15.5. The van der Waals surface area contributed by atoms with Crippen LogP contribution in [-0.4, -0.2) is 33.9 Å². The van der Waals surface area contributed by atoms with Gasteiger partial charge in [-0.15, -0.1) is 11.3 Å². The topological polar surface area (TPSA) is 46.1 Å². The zero-order valence-electron chi connectivity index (χ0n) is 10.0. The molecule has 0 unspecified atom stereocenters. The lowest BCUT2D eigenvalue weighted by molar-refractivity contribution is 0.0597. The molecule has 0 radical (unpaired) electrons. The predicted molar refractivity (Wildman–Crippen MR) is 69.7 cm³/mol. The number of rotatable bonds is 2. The summed E-state index contributed by atoms with van der Waals surface area (Å²) in [6.07, 6.45) is 3.59. The third kappa shape index (κ3) is 2.01. The van der Waals surface area contributed by atoms with Crippen molar-refractivity contribution in [3.63, 3.8) is 0 Å². The molecular formula is C13H13N3OS. The molecule has 1 amide bonds. The highest BCUT2D eigenvalue weighted by Crippen LogP contribution is 2.27. The van der Waals surface area contributed by atoms with Crippen molar-refractivity contribution >= 4 is 17.2 Å². The van der Waals surface area contributed by atoms with E-state index in [0.29, 0.717) is 11.6 Å². The maximum atomic E-state index is 12.1. The van der Waals surface area contributed by atoms with Crippen LogP contribution in [0.25, 0.3) is 0 Å². The number of aromatic nitrogens is 2. The molecule has 1 aliphatic heterocycles. The van der Waals surface area contributed by atoms with Crippen molar-refractivity contribution in [3.05, 3.63) is 46.2 Å². The zero-order chi connectivity index (χ0) is 12.5. The number of amides is 1. The van der Waals surface area contributed by atoms with Gasteiger partial charge in [-0.2, -0.15) is 0 Å². The minimum Gasteiger partial charge on any atom is -0.336 e. The monoisotopic (exact) mass is 259 g/mol. The molecule has 0 aliphatic carbocycles. The van der Waals surface area contributed by atoms with Gasteiger partial charge in [-0.25, -0.2) is 4.98 Å². The van der Waals surface area contributed by atoms with E-state index in [1.165, 1.54) is 16.9 Å². The second-order valence-electron chi connectivity index (χ2n) is 4.44. The van der Waals surface area contributed by atoms with E-state index in [2.05, 4.69) is 9.97 Å². The molecule has 2 aromatic rings. The van der Waals surface area contributed by atoms with Crippen LogP contribution < -0.4 is 0 Å². The van der Waals surface area contributed by atoms with Crippen molar-refractivity contribution in [2.75, 3.05) is 13.1 Å². The number of nitrogens with zero attached hydrogens (tertiary/aromatic N) is 3. The fourth-order valence-corrected chi connectivity index (χ4v) is 2.70. The lowest BCUT2D eigenvalue weighted by atomic mass is 9.92. The Labute approximate surface area is 109 Å². The van der Waals surface area contributed by atoms with Gasteiger partial charge in [0.15, 0.2) is 0 Å². The minimum atomic E-state index is 0.0460. The number of carbonyl (C=O) groups is 1. The highest BCUT2D eigenvalue weighted by molar-refractivity contribution is 7.09. The first kappa shape index (κ1) is 11.3. The van der Waals surface area contributed by atoms with Gasteiger partial charge in [0.05, 0.1) is 5.01 Å². The molecule has 3 rings (SSSR count).